The Hall–Kier alpha value is -0.570. The number of likely N-dealkylation sites (N-methyl/N-ethyl adjacent to an activating group) is 1. The average molecular weight is 155 g/mol. The monoisotopic (exact) mass is 155 g/mol. The predicted octanol–water partition coefficient (Wildman–Crippen LogP) is 0.510. The molecule has 1 aliphatic carbocycles. The summed E-state index contributed by atoms with van der Waals surface area (Å²) in [4.78, 5) is 2.12. The topological polar surface area (TPSA) is 53.1 Å². The lowest BCUT2D eigenvalue weighted by atomic mass is 10.3. The van der Waals surface area contributed by atoms with E-state index < -0.39 is 0 Å². The second kappa shape index (κ2) is 3.22. The number of rotatable bonds is 4. The molecule has 0 heterocycles. The Balaban J connectivity index is 2.11. The second-order valence-electron chi connectivity index (χ2n) is 3.70. The van der Waals surface area contributed by atoms with Crippen molar-refractivity contribution in [1.29, 1.82) is 5.41 Å². The molecule has 0 aromatic rings. The van der Waals surface area contributed by atoms with E-state index in [0.29, 0.717) is 6.54 Å². The first-order valence-electron chi connectivity index (χ1n) is 4.11. The van der Waals surface area contributed by atoms with Crippen LogP contribution in [0.25, 0.3) is 0 Å². The molecule has 11 heavy (non-hydrogen) atoms. The number of hydrogen-bond acceptors (Lipinski definition) is 2. The normalized spacial score (nSPS) is 29.0. The van der Waals surface area contributed by atoms with Gasteiger partial charge in [0, 0.05) is 6.54 Å². The van der Waals surface area contributed by atoms with Crippen LogP contribution >= 0.6 is 0 Å². The molecule has 0 aromatic carbocycles. The molecule has 0 radical (unpaired) electrons. The zero-order valence-electron chi connectivity index (χ0n) is 7.30. The highest BCUT2D eigenvalue weighted by atomic mass is 15.1. The van der Waals surface area contributed by atoms with Gasteiger partial charge in [0.2, 0.25) is 0 Å². The molecule has 1 aliphatic rings. The van der Waals surface area contributed by atoms with Gasteiger partial charge in [0.15, 0.2) is 0 Å². The molecule has 1 saturated carbocycles. The highest BCUT2D eigenvalue weighted by Gasteiger charge is 2.32. The Labute approximate surface area is 68.1 Å². The molecule has 0 bridgehead atoms. The quantitative estimate of drug-likeness (QED) is 0.459. The highest BCUT2D eigenvalue weighted by Crippen LogP contribution is 2.37. The van der Waals surface area contributed by atoms with Crippen LogP contribution in [0, 0.1) is 17.2 Å². The number of hydrogen-bond donors (Lipinski definition) is 2. The average Bonchev–Trinajstić information content (AvgIpc) is 2.43. The number of nitrogens with two attached hydrogens (primary N) is 1. The molecule has 64 valence electrons. The summed E-state index contributed by atoms with van der Waals surface area (Å²) < 4.78 is 0. The molecular weight excluding hydrogens is 138 g/mol. The van der Waals surface area contributed by atoms with Crippen LogP contribution in [0.3, 0.4) is 0 Å². The Morgan fingerprint density at radius 2 is 2.27 bits per heavy atom. The molecule has 2 unspecified atom stereocenters. The van der Waals surface area contributed by atoms with Crippen molar-refractivity contribution in [3.63, 3.8) is 0 Å². The third kappa shape index (κ3) is 2.89. The van der Waals surface area contributed by atoms with Crippen molar-refractivity contribution in [2.75, 3.05) is 20.1 Å². The Bertz CT molecular complexity index is 155. The minimum absolute atomic E-state index is 0.265. The van der Waals surface area contributed by atoms with Crippen molar-refractivity contribution in [3.8, 4) is 0 Å². The molecule has 0 saturated heterocycles. The maximum atomic E-state index is 7.08. The summed E-state index contributed by atoms with van der Waals surface area (Å²) in [6.45, 7) is 3.98. The lowest BCUT2D eigenvalue weighted by Crippen LogP contribution is -2.31. The first-order chi connectivity index (χ1) is 5.09. The summed E-state index contributed by atoms with van der Waals surface area (Å²) in [5.74, 6) is 2.02. The molecule has 1 rings (SSSR count). The summed E-state index contributed by atoms with van der Waals surface area (Å²) in [6.07, 6.45) is 1.35. The SMILES string of the molecule is CC1CC1CN(C)CC(=N)N. The minimum Gasteiger partial charge on any atom is -0.387 e. The lowest BCUT2D eigenvalue weighted by molar-refractivity contribution is 0.355. The fraction of sp³-hybridized carbons (Fsp3) is 0.875. The van der Waals surface area contributed by atoms with Gasteiger partial charge in [-0.3, -0.25) is 10.3 Å². The van der Waals surface area contributed by atoms with Crippen molar-refractivity contribution in [3.05, 3.63) is 0 Å². The fourth-order valence-corrected chi connectivity index (χ4v) is 1.41. The lowest BCUT2D eigenvalue weighted by Gasteiger charge is -2.14. The van der Waals surface area contributed by atoms with Gasteiger partial charge in [0.1, 0.15) is 5.84 Å². The van der Waals surface area contributed by atoms with Crippen LogP contribution < -0.4 is 5.73 Å². The first kappa shape index (κ1) is 8.53. The van der Waals surface area contributed by atoms with Crippen LogP contribution in [0.1, 0.15) is 13.3 Å². The van der Waals surface area contributed by atoms with Crippen molar-refractivity contribution in [2.45, 2.75) is 13.3 Å². The van der Waals surface area contributed by atoms with Crippen molar-refractivity contribution < 1.29 is 0 Å². The Morgan fingerprint density at radius 3 is 2.64 bits per heavy atom. The molecule has 3 heteroatoms. The van der Waals surface area contributed by atoms with Crippen molar-refractivity contribution in [2.24, 2.45) is 17.6 Å². The molecule has 0 amide bonds. The third-order valence-corrected chi connectivity index (χ3v) is 2.26. The maximum Gasteiger partial charge on any atom is 0.105 e. The second-order valence-corrected chi connectivity index (χ2v) is 3.70. The van der Waals surface area contributed by atoms with Crippen LogP contribution in [-0.2, 0) is 0 Å². The summed E-state index contributed by atoms with van der Waals surface area (Å²) in [6, 6.07) is 0. The molecule has 0 aliphatic heterocycles. The van der Waals surface area contributed by atoms with Crippen LogP contribution in [0.4, 0.5) is 0 Å². The van der Waals surface area contributed by atoms with Gasteiger partial charge in [-0.2, -0.15) is 0 Å². The molecular formula is C8H17N3. The van der Waals surface area contributed by atoms with Crippen LogP contribution in [0.15, 0.2) is 0 Å². The molecule has 1 fully saturated rings. The van der Waals surface area contributed by atoms with Gasteiger partial charge in [0.05, 0.1) is 6.54 Å². The van der Waals surface area contributed by atoms with Gasteiger partial charge < -0.3 is 5.73 Å². The van der Waals surface area contributed by atoms with E-state index in [4.69, 9.17) is 11.1 Å². The van der Waals surface area contributed by atoms with Gasteiger partial charge in [-0.25, -0.2) is 0 Å². The van der Waals surface area contributed by atoms with E-state index in [-0.39, 0.29) is 5.84 Å². The largest absolute Gasteiger partial charge is 0.387 e. The Morgan fingerprint density at radius 1 is 1.73 bits per heavy atom. The van der Waals surface area contributed by atoms with Crippen LogP contribution in [-0.4, -0.2) is 30.9 Å². The smallest absolute Gasteiger partial charge is 0.105 e. The zero-order valence-corrected chi connectivity index (χ0v) is 7.30. The number of nitrogens with zero attached hydrogens (tertiary/aromatic N) is 1. The molecule has 3 nitrogen and oxygen atoms in total. The number of amidine groups is 1. The first-order valence-corrected chi connectivity index (χ1v) is 4.11. The Kier molecular flexibility index (Phi) is 2.49. The fourth-order valence-electron chi connectivity index (χ4n) is 1.41. The van der Waals surface area contributed by atoms with Crippen LogP contribution in [0.5, 0.6) is 0 Å². The summed E-state index contributed by atoms with van der Waals surface area (Å²) in [5, 5.41) is 7.08. The highest BCUT2D eigenvalue weighted by molar-refractivity contribution is 5.78. The summed E-state index contributed by atoms with van der Waals surface area (Å²) in [5.41, 5.74) is 5.27. The molecule has 2 atom stereocenters. The standard InChI is InChI=1S/C8H17N3/c1-6-3-7(6)4-11(2)5-8(9)10/h6-7H,3-5H2,1-2H3,(H3,9,10). The molecule has 3 N–H and O–H groups in total. The number of nitrogens with one attached hydrogen (secondary N) is 1. The van der Waals surface area contributed by atoms with E-state index in [9.17, 15) is 0 Å². The summed E-state index contributed by atoms with van der Waals surface area (Å²) >= 11 is 0. The van der Waals surface area contributed by atoms with Gasteiger partial charge >= 0.3 is 0 Å². The van der Waals surface area contributed by atoms with Gasteiger partial charge in [0.25, 0.3) is 0 Å². The van der Waals surface area contributed by atoms with E-state index in [1.807, 2.05) is 7.05 Å². The summed E-state index contributed by atoms with van der Waals surface area (Å²) in [7, 11) is 2.02. The minimum atomic E-state index is 0.265. The van der Waals surface area contributed by atoms with Crippen LogP contribution in [0.2, 0.25) is 0 Å². The van der Waals surface area contributed by atoms with E-state index in [2.05, 4.69) is 11.8 Å². The van der Waals surface area contributed by atoms with Gasteiger partial charge in [-0.1, -0.05) is 6.92 Å². The van der Waals surface area contributed by atoms with E-state index in [1.165, 1.54) is 6.42 Å². The van der Waals surface area contributed by atoms with Gasteiger partial charge in [-0.15, -0.1) is 0 Å². The molecule has 0 spiro atoms. The van der Waals surface area contributed by atoms with E-state index in [1.54, 1.807) is 0 Å². The van der Waals surface area contributed by atoms with E-state index in [0.717, 1.165) is 18.4 Å². The molecule has 0 aromatic heterocycles. The maximum absolute atomic E-state index is 7.08. The van der Waals surface area contributed by atoms with Gasteiger partial charge in [-0.05, 0) is 25.3 Å². The predicted molar refractivity (Wildman–Crippen MR) is 46.7 cm³/mol. The van der Waals surface area contributed by atoms with Crippen molar-refractivity contribution in [1.82, 2.24) is 4.90 Å². The zero-order chi connectivity index (χ0) is 8.43. The third-order valence-electron chi connectivity index (χ3n) is 2.26. The van der Waals surface area contributed by atoms with E-state index >= 15 is 0 Å². The van der Waals surface area contributed by atoms with Crippen molar-refractivity contribution >= 4 is 5.84 Å².